The maximum atomic E-state index is 15.6. The molecule has 4 nitrogen and oxygen atoms in total. The van der Waals surface area contributed by atoms with Gasteiger partial charge in [0.1, 0.15) is 29.4 Å². The fourth-order valence-corrected chi connectivity index (χ4v) is 5.36. The molecule has 4 atom stereocenters. The van der Waals surface area contributed by atoms with Crippen molar-refractivity contribution in [3.8, 4) is 0 Å². The highest BCUT2D eigenvalue weighted by Gasteiger charge is 2.50. The number of fused-ring (bicyclic) bond motifs is 1. The lowest BCUT2D eigenvalue weighted by atomic mass is 9.69. The van der Waals surface area contributed by atoms with Crippen LogP contribution in [0.15, 0.2) is 84.9 Å². The van der Waals surface area contributed by atoms with Crippen LogP contribution in [0.2, 0.25) is 0 Å². The number of halogens is 4. The van der Waals surface area contributed by atoms with Gasteiger partial charge in [0, 0.05) is 22.6 Å². The minimum atomic E-state index is -1.55. The van der Waals surface area contributed by atoms with E-state index in [1.165, 1.54) is 38.1 Å². The maximum absolute atomic E-state index is 15.6. The molecule has 0 saturated carbocycles. The van der Waals surface area contributed by atoms with E-state index in [1.807, 2.05) is 0 Å². The Balaban J connectivity index is 1.73. The number of carbonyl (C=O) groups excluding carboxylic acids is 2. The van der Waals surface area contributed by atoms with Crippen molar-refractivity contribution in [3.63, 3.8) is 0 Å². The first kappa shape index (κ1) is 27.1. The predicted molar refractivity (Wildman–Crippen MR) is 139 cm³/mol. The summed E-state index contributed by atoms with van der Waals surface area (Å²) in [5, 5.41) is 0. The van der Waals surface area contributed by atoms with Crippen molar-refractivity contribution in [1.29, 1.82) is 0 Å². The molecule has 8 heteroatoms. The van der Waals surface area contributed by atoms with Gasteiger partial charge >= 0.3 is 11.9 Å². The highest BCUT2D eigenvalue weighted by Crippen LogP contribution is 2.49. The summed E-state index contributed by atoms with van der Waals surface area (Å²) >= 11 is 0. The molecule has 4 aromatic rings. The monoisotopic (exact) mass is 548 g/mol. The van der Waals surface area contributed by atoms with Gasteiger partial charge in [-0.15, -0.1) is 0 Å². The molecule has 0 bridgehead atoms. The molecule has 5 rings (SSSR count). The predicted octanol–water partition coefficient (Wildman–Crippen LogP) is 7.25. The van der Waals surface area contributed by atoms with Crippen molar-refractivity contribution in [2.24, 2.45) is 0 Å². The van der Waals surface area contributed by atoms with Crippen LogP contribution in [0.4, 0.5) is 17.6 Å². The van der Waals surface area contributed by atoms with Crippen LogP contribution in [0, 0.1) is 30.2 Å². The van der Waals surface area contributed by atoms with Crippen molar-refractivity contribution >= 4 is 11.9 Å². The normalized spacial score (nSPS) is 19.9. The van der Waals surface area contributed by atoms with E-state index in [9.17, 15) is 14.0 Å². The van der Waals surface area contributed by atoms with Crippen LogP contribution < -0.4 is 0 Å². The number of carbonyl (C=O) groups is 2. The third kappa shape index (κ3) is 4.85. The molecule has 204 valence electrons. The number of esters is 2. The summed E-state index contributed by atoms with van der Waals surface area (Å²) in [6.07, 6.45) is -2.94. The summed E-state index contributed by atoms with van der Waals surface area (Å²) in [4.78, 5) is 26.5. The standard InChI is InChI=1S/C32H24F4O4/c1-17-21(33)13-14-22(34)25(17)28-27-24(36)16-15-23(35)26(27)18(2)29(39-31(37)19-9-5-3-6-10-19)30(28)40-32(38)20-11-7-4-8-12-20/h3-16,18,28-30H,1-2H3/t18?,28-,29?,30?/m0/s1. The molecule has 0 aromatic heterocycles. The number of ether oxygens (including phenoxy) is 2. The third-order valence-corrected chi connectivity index (χ3v) is 7.30. The van der Waals surface area contributed by atoms with Crippen molar-refractivity contribution in [2.75, 3.05) is 0 Å². The van der Waals surface area contributed by atoms with Crippen molar-refractivity contribution in [1.82, 2.24) is 0 Å². The maximum Gasteiger partial charge on any atom is 0.338 e. The van der Waals surface area contributed by atoms with Crippen LogP contribution in [0.25, 0.3) is 0 Å². The lowest BCUT2D eigenvalue weighted by Gasteiger charge is -2.42. The van der Waals surface area contributed by atoms with E-state index in [4.69, 9.17) is 9.47 Å². The molecule has 1 aliphatic rings. The zero-order chi connectivity index (χ0) is 28.6. The second-order valence-electron chi connectivity index (χ2n) is 9.66. The Morgan fingerprint density at radius 1 is 0.575 bits per heavy atom. The molecule has 1 aliphatic carbocycles. The Morgan fingerprint density at radius 3 is 1.52 bits per heavy atom. The molecule has 0 fully saturated rings. The molecular weight excluding hydrogens is 524 g/mol. The number of hydrogen-bond donors (Lipinski definition) is 0. The zero-order valence-electron chi connectivity index (χ0n) is 21.5. The SMILES string of the molecule is Cc1c(F)ccc(F)c1[C@H]1c2c(F)ccc(F)c2C(C)C(OC(=O)c2ccccc2)C1OC(=O)c1ccccc1. The summed E-state index contributed by atoms with van der Waals surface area (Å²) in [6.45, 7) is 2.79. The summed E-state index contributed by atoms with van der Waals surface area (Å²) in [5.74, 6) is -7.67. The second kappa shape index (κ2) is 11.0. The Morgan fingerprint density at radius 2 is 1.00 bits per heavy atom. The van der Waals surface area contributed by atoms with Gasteiger partial charge in [0.2, 0.25) is 0 Å². The second-order valence-corrected chi connectivity index (χ2v) is 9.66. The molecule has 0 radical (unpaired) electrons. The minimum absolute atomic E-state index is 0.129. The van der Waals surface area contributed by atoms with E-state index >= 15 is 13.2 Å². The van der Waals surface area contributed by atoms with E-state index in [0.717, 1.165) is 24.3 Å². The summed E-state index contributed by atoms with van der Waals surface area (Å²) in [7, 11) is 0. The van der Waals surface area contributed by atoms with Gasteiger partial charge < -0.3 is 9.47 Å². The van der Waals surface area contributed by atoms with E-state index in [-0.39, 0.29) is 33.4 Å². The molecule has 4 aromatic carbocycles. The molecule has 0 N–H and O–H groups in total. The summed E-state index contributed by atoms with van der Waals surface area (Å²) in [6, 6.07) is 19.4. The van der Waals surface area contributed by atoms with Crippen LogP contribution >= 0.6 is 0 Å². The van der Waals surface area contributed by atoms with E-state index in [0.29, 0.717) is 0 Å². The van der Waals surface area contributed by atoms with E-state index in [2.05, 4.69) is 0 Å². The fourth-order valence-electron chi connectivity index (χ4n) is 5.36. The van der Waals surface area contributed by atoms with Crippen LogP contribution in [0.3, 0.4) is 0 Å². The lowest BCUT2D eigenvalue weighted by Crippen LogP contribution is -2.48. The van der Waals surface area contributed by atoms with Crippen molar-refractivity contribution in [3.05, 3.63) is 142 Å². The highest BCUT2D eigenvalue weighted by atomic mass is 19.1. The first-order valence-corrected chi connectivity index (χ1v) is 12.6. The van der Waals surface area contributed by atoms with Crippen LogP contribution in [0.5, 0.6) is 0 Å². The quantitative estimate of drug-likeness (QED) is 0.195. The van der Waals surface area contributed by atoms with E-state index < -0.39 is 59.3 Å². The largest absolute Gasteiger partial charge is 0.454 e. The lowest BCUT2D eigenvalue weighted by molar-refractivity contribution is -0.0545. The van der Waals surface area contributed by atoms with Gasteiger partial charge in [0.05, 0.1) is 17.0 Å². The third-order valence-electron chi connectivity index (χ3n) is 7.30. The summed E-state index contributed by atoms with van der Waals surface area (Å²) < 4.78 is 73.0. The summed E-state index contributed by atoms with van der Waals surface area (Å²) in [5.41, 5.74) is -0.682. The average molecular weight is 549 g/mol. The topological polar surface area (TPSA) is 52.6 Å². The highest BCUT2D eigenvalue weighted by molar-refractivity contribution is 5.90. The average Bonchev–Trinajstić information content (AvgIpc) is 2.96. The Bertz CT molecular complexity index is 1570. The fraction of sp³-hybridized carbons (Fsp3) is 0.188. The van der Waals surface area contributed by atoms with Gasteiger partial charge in [-0.25, -0.2) is 27.2 Å². The number of hydrogen-bond acceptors (Lipinski definition) is 4. The molecule has 0 spiro atoms. The molecule has 3 unspecified atom stereocenters. The van der Waals surface area contributed by atoms with Crippen molar-refractivity contribution in [2.45, 2.75) is 37.9 Å². The Hall–Kier alpha value is -4.46. The molecule has 0 amide bonds. The molecule has 40 heavy (non-hydrogen) atoms. The Labute approximate surface area is 228 Å². The minimum Gasteiger partial charge on any atom is -0.454 e. The van der Waals surface area contributed by atoms with Gasteiger partial charge in [-0.3, -0.25) is 0 Å². The molecule has 0 heterocycles. The number of rotatable bonds is 5. The van der Waals surface area contributed by atoms with Crippen LogP contribution in [-0.4, -0.2) is 24.1 Å². The van der Waals surface area contributed by atoms with Gasteiger partial charge in [-0.2, -0.15) is 0 Å². The van der Waals surface area contributed by atoms with Crippen LogP contribution in [0.1, 0.15) is 61.7 Å². The van der Waals surface area contributed by atoms with Crippen molar-refractivity contribution < 1.29 is 36.6 Å². The first-order chi connectivity index (χ1) is 19.2. The number of benzene rings is 4. The molecular formula is C32H24F4O4. The smallest absolute Gasteiger partial charge is 0.338 e. The molecule has 0 saturated heterocycles. The Kier molecular flexibility index (Phi) is 7.43. The van der Waals surface area contributed by atoms with Gasteiger partial charge in [0.25, 0.3) is 0 Å². The zero-order valence-corrected chi connectivity index (χ0v) is 21.5. The van der Waals surface area contributed by atoms with Crippen LogP contribution in [-0.2, 0) is 9.47 Å². The molecule has 0 aliphatic heterocycles. The van der Waals surface area contributed by atoms with E-state index in [1.54, 1.807) is 36.4 Å². The van der Waals surface area contributed by atoms with Gasteiger partial charge in [0.15, 0.2) is 6.10 Å². The van der Waals surface area contributed by atoms with Gasteiger partial charge in [-0.05, 0) is 61.0 Å². The first-order valence-electron chi connectivity index (χ1n) is 12.6. The van der Waals surface area contributed by atoms with Gasteiger partial charge in [-0.1, -0.05) is 43.3 Å².